The Bertz CT molecular complexity index is 769. The number of hydrogen-bond donors (Lipinski definition) is 2. The minimum absolute atomic E-state index is 0.186. The summed E-state index contributed by atoms with van der Waals surface area (Å²) < 4.78 is 28.6. The second-order valence-corrected chi connectivity index (χ2v) is 6.38. The van der Waals surface area contributed by atoms with Crippen molar-refractivity contribution >= 4 is 16.0 Å². The zero-order valence-corrected chi connectivity index (χ0v) is 13.0. The molecule has 8 heteroatoms. The van der Waals surface area contributed by atoms with E-state index in [1.807, 2.05) is 6.92 Å². The second-order valence-electron chi connectivity index (χ2n) is 4.72. The fourth-order valence-electron chi connectivity index (χ4n) is 2.05. The molecule has 2 N–H and O–H groups in total. The van der Waals surface area contributed by atoms with Gasteiger partial charge in [-0.15, -0.1) is 0 Å². The molecule has 0 aliphatic rings. The van der Waals surface area contributed by atoms with Gasteiger partial charge in [-0.2, -0.15) is 4.72 Å². The summed E-state index contributed by atoms with van der Waals surface area (Å²) in [4.78, 5) is 15.4. The van der Waals surface area contributed by atoms with E-state index in [-0.39, 0.29) is 5.03 Å². The average Bonchev–Trinajstić information content (AvgIpc) is 2.87. The normalized spacial score (nSPS) is 13.0. The molecular weight excluding hydrogens is 306 g/mol. The third kappa shape index (κ3) is 3.34. The number of aromatic nitrogens is 2. The predicted octanol–water partition coefficient (Wildman–Crippen LogP) is 1.32. The number of aryl methyl sites for hydroxylation is 2. The summed E-state index contributed by atoms with van der Waals surface area (Å²) in [5.41, 5.74) is 0.352. The van der Waals surface area contributed by atoms with Crippen LogP contribution in [0.5, 0.6) is 0 Å². The van der Waals surface area contributed by atoms with Crippen molar-refractivity contribution in [3.05, 3.63) is 47.9 Å². The molecule has 0 saturated carbocycles. The van der Waals surface area contributed by atoms with E-state index in [1.54, 1.807) is 41.8 Å². The fourth-order valence-corrected chi connectivity index (χ4v) is 3.24. The van der Waals surface area contributed by atoms with Gasteiger partial charge in [0.25, 0.3) is 10.0 Å². The van der Waals surface area contributed by atoms with Crippen LogP contribution in [0.3, 0.4) is 0 Å². The zero-order chi connectivity index (χ0) is 16.3. The SMILES string of the molecule is CCn1cc(S(=O)(=O)N[C@H](C(=O)O)c2ccccc2)nc1C. The van der Waals surface area contributed by atoms with Gasteiger partial charge in [0.05, 0.1) is 0 Å². The molecule has 0 unspecified atom stereocenters. The van der Waals surface area contributed by atoms with Crippen molar-refractivity contribution in [3.63, 3.8) is 0 Å². The summed E-state index contributed by atoms with van der Waals surface area (Å²) in [6.45, 7) is 4.13. The molecule has 0 spiro atoms. The van der Waals surface area contributed by atoms with Gasteiger partial charge in [0, 0.05) is 12.7 Å². The van der Waals surface area contributed by atoms with Crippen molar-refractivity contribution in [1.82, 2.24) is 14.3 Å². The fraction of sp³-hybridized carbons (Fsp3) is 0.286. The number of rotatable bonds is 6. The van der Waals surface area contributed by atoms with Crippen molar-refractivity contribution in [1.29, 1.82) is 0 Å². The standard InChI is InChI=1S/C14H17N3O4S/c1-3-17-9-12(15-10(17)2)22(20,21)16-13(14(18)19)11-7-5-4-6-8-11/h4-9,13,16H,3H2,1-2H3,(H,18,19)/t13-/m0/s1. The van der Waals surface area contributed by atoms with E-state index in [9.17, 15) is 18.3 Å². The van der Waals surface area contributed by atoms with Gasteiger partial charge in [0.15, 0.2) is 5.03 Å². The molecule has 0 amide bonds. The van der Waals surface area contributed by atoms with Gasteiger partial charge in [-0.25, -0.2) is 13.4 Å². The number of aliphatic carboxylic acids is 1. The van der Waals surface area contributed by atoms with Gasteiger partial charge >= 0.3 is 5.97 Å². The Morgan fingerprint density at radius 1 is 1.36 bits per heavy atom. The number of imidazole rings is 1. The highest BCUT2D eigenvalue weighted by Gasteiger charge is 2.28. The number of sulfonamides is 1. The summed E-state index contributed by atoms with van der Waals surface area (Å²) in [6, 6.07) is 6.76. The van der Waals surface area contributed by atoms with Gasteiger partial charge in [0.2, 0.25) is 0 Å². The third-order valence-corrected chi connectivity index (χ3v) is 4.52. The first-order chi connectivity index (χ1) is 10.3. The minimum Gasteiger partial charge on any atom is -0.480 e. The molecule has 0 aliphatic carbocycles. The topological polar surface area (TPSA) is 101 Å². The van der Waals surface area contributed by atoms with Crippen LogP contribution in [-0.4, -0.2) is 29.0 Å². The van der Waals surface area contributed by atoms with Crippen LogP contribution in [0.4, 0.5) is 0 Å². The van der Waals surface area contributed by atoms with Gasteiger partial charge in [-0.05, 0) is 19.4 Å². The molecule has 0 saturated heterocycles. The maximum atomic E-state index is 12.4. The summed E-state index contributed by atoms with van der Waals surface area (Å²) in [7, 11) is -4.03. The van der Waals surface area contributed by atoms with Crippen LogP contribution in [0.2, 0.25) is 0 Å². The first kappa shape index (κ1) is 16.2. The highest BCUT2D eigenvalue weighted by atomic mass is 32.2. The lowest BCUT2D eigenvalue weighted by molar-refractivity contribution is -0.139. The quantitative estimate of drug-likeness (QED) is 0.835. The first-order valence-corrected chi connectivity index (χ1v) is 8.17. The number of hydrogen-bond acceptors (Lipinski definition) is 4. The molecule has 1 aromatic heterocycles. The third-order valence-electron chi connectivity index (χ3n) is 3.22. The highest BCUT2D eigenvalue weighted by Crippen LogP contribution is 2.17. The molecule has 0 radical (unpaired) electrons. The first-order valence-electron chi connectivity index (χ1n) is 6.69. The second kappa shape index (κ2) is 6.29. The number of nitrogens with zero attached hydrogens (tertiary/aromatic N) is 2. The number of benzene rings is 1. The maximum absolute atomic E-state index is 12.4. The number of carbonyl (C=O) groups is 1. The van der Waals surface area contributed by atoms with Crippen molar-refractivity contribution in [2.75, 3.05) is 0 Å². The molecular formula is C14H17N3O4S. The van der Waals surface area contributed by atoms with E-state index in [1.165, 1.54) is 6.20 Å². The molecule has 1 aromatic carbocycles. The van der Waals surface area contributed by atoms with E-state index < -0.39 is 22.0 Å². The Hall–Kier alpha value is -2.19. The molecule has 1 heterocycles. The van der Waals surface area contributed by atoms with Crippen molar-refractivity contribution in [3.8, 4) is 0 Å². The molecule has 2 aromatic rings. The Morgan fingerprint density at radius 3 is 2.50 bits per heavy atom. The monoisotopic (exact) mass is 323 g/mol. The summed E-state index contributed by atoms with van der Waals surface area (Å²) in [6.07, 6.45) is 1.39. The maximum Gasteiger partial charge on any atom is 0.326 e. The summed E-state index contributed by atoms with van der Waals surface area (Å²) in [5.74, 6) is -0.726. The van der Waals surface area contributed by atoms with Crippen LogP contribution in [0.1, 0.15) is 24.4 Å². The van der Waals surface area contributed by atoms with E-state index in [4.69, 9.17) is 0 Å². The number of carboxylic acids is 1. The van der Waals surface area contributed by atoms with Gasteiger partial charge in [-0.3, -0.25) is 4.79 Å². The molecule has 2 rings (SSSR count). The van der Waals surface area contributed by atoms with Crippen molar-refractivity contribution in [2.45, 2.75) is 31.5 Å². The Balaban J connectivity index is 2.34. The molecule has 0 bridgehead atoms. The minimum atomic E-state index is -4.03. The molecule has 0 fully saturated rings. The predicted molar refractivity (Wildman–Crippen MR) is 79.8 cm³/mol. The highest BCUT2D eigenvalue weighted by molar-refractivity contribution is 7.89. The Labute approximate surface area is 128 Å². The van der Waals surface area contributed by atoms with Crippen LogP contribution >= 0.6 is 0 Å². The molecule has 0 aliphatic heterocycles. The van der Waals surface area contributed by atoms with E-state index in [2.05, 4.69) is 9.71 Å². The van der Waals surface area contributed by atoms with Gasteiger partial charge in [-0.1, -0.05) is 30.3 Å². The number of nitrogens with one attached hydrogen (secondary N) is 1. The van der Waals surface area contributed by atoms with Crippen LogP contribution in [0, 0.1) is 6.92 Å². The van der Waals surface area contributed by atoms with Crippen LogP contribution in [0.15, 0.2) is 41.6 Å². The number of carboxylic acid groups (broad SMARTS) is 1. The Morgan fingerprint density at radius 2 is 2.00 bits per heavy atom. The lowest BCUT2D eigenvalue weighted by Gasteiger charge is -2.14. The van der Waals surface area contributed by atoms with Gasteiger partial charge < -0.3 is 9.67 Å². The van der Waals surface area contributed by atoms with E-state index in [0.717, 1.165) is 0 Å². The molecule has 7 nitrogen and oxygen atoms in total. The molecule has 118 valence electrons. The average molecular weight is 323 g/mol. The smallest absolute Gasteiger partial charge is 0.326 e. The lowest BCUT2D eigenvalue weighted by atomic mass is 10.1. The van der Waals surface area contributed by atoms with Crippen molar-refractivity contribution in [2.24, 2.45) is 0 Å². The van der Waals surface area contributed by atoms with E-state index >= 15 is 0 Å². The zero-order valence-electron chi connectivity index (χ0n) is 12.2. The lowest BCUT2D eigenvalue weighted by Crippen LogP contribution is -2.34. The van der Waals surface area contributed by atoms with E-state index in [0.29, 0.717) is 17.9 Å². The van der Waals surface area contributed by atoms with Crippen LogP contribution in [-0.2, 0) is 21.4 Å². The summed E-state index contributed by atoms with van der Waals surface area (Å²) in [5, 5.41) is 9.10. The molecule has 22 heavy (non-hydrogen) atoms. The van der Waals surface area contributed by atoms with Crippen LogP contribution < -0.4 is 4.72 Å². The largest absolute Gasteiger partial charge is 0.480 e. The Kier molecular flexibility index (Phi) is 4.62. The summed E-state index contributed by atoms with van der Waals surface area (Å²) >= 11 is 0. The van der Waals surface area contributed by atoms with Gasteiger partial charge in [0.1, 0.15) is 11.9 Å². The van der Waals surface area contributed by atoms with Crippen molar-refractivity contribution < 1.29 is 18.3 Å². The molecule has 1 atom stereocenters. The van der Waals surface area contributed by atoms with Crippen LogP contribution in [0.25, 0.3) is 0 Å².